The third kappa shape index (κ3) is 2.83. The smallest absolute Gasteiger partial charge is 0.137 e. The molecule has 5 heteroatoms. The fourth-order valence-corrected chi connectivity index (χ4v) is 3.08. The maximum absolute atomic E-state index is 13.2. The lowest BCUT2D eigenvalue weighted by atomic mass is 10.0. The van der Waals surface area contributed by atoms with E-state index in [0.29, 0.717) is 20.1 Å². The van der Waals surface area contributed by atoms with Crippen LogP contribution in [0.15, 0.2) is 40.9 Å². The minimum atomic E-state index is -0.525. The third-order valence-corrected chi connectivity index (χ3v) is 4.23. The van der Waals surface area contributed by atoms with Gasteiger partial charge in [0.25, 0.3) is 0 Å². The van der Waals surface area contributed by atoms with E-state index < -0.39 is 5.38 Å². The van der Waals surface area contributed by atoms with Gasteiger partial charge in [0.15, 0.2) is 0 Å². The minimum absolute atomic E-state index is 0.340. The van der Waals surface area contributed by atoms with Crippen molar-refractivity contribution in [1.29, 1.82) is 0 Å². The molecule has 0 radical (unpaired) electrons. The van der Waals surface area contributed by atoms with E-state index in [1.807, 2.05) is 0 Å². The molecule has 0 amide bonds. The van der Waals surface area contributed by atoms with Crippen molar-refractivity contribution in [2.75, 3.05) is 0 Å². The molecule has 0 aromatic heterocycles. The molecule has 0 bridgehead atoms. The summed E-state index contributed by atoms with van der Waals surface area (Å²) in [5.41, 5.74) is 1.35. The second kappa shape index (κ2) is 5.79. The van der Waals surface area contributed by atoms with Crippen LogP contribution in [-0.2, 0) is 0 Å². The van der Waals surface area contributed by atoms with Gasteiger partial charge in [-0.2, -0.15) is 0 Å². The van der Waals surface area contributed by atoms with E-state index in [1.165, 1.54) is 6.07 Å². The molecular weight excluding hydrogens is 361 g/mol. The Labute approximate surface area is 128 Å². The molecule has 1 unspecified atom stereocenters. The lowest BCUT2D eigenvalue weighted by Crippen LogP contribution is -1.96. The molecule has 0 nitrogen and oxygen atoms in total. The van der Waals surface area contributed by atoms with Crippen molar-refractivity contribution < 1.29 is 4.39 Å². The van der Waals surface area contributed by atoms with Crippen LogP contribution >= 0.6 is 50.7 Å². The number of benzene rings is 2. The van der Waals surface area contributed by atoms with Gasteiger partial charge < -0.3 is 0 Å². The number of rotatable bonds is 2. The highest BCUT2D eigenvalue weighted by Gasteiger charge is 2.18. The second-order valence-electron chi connectivity index (χ2n) is 3.67. The molecular formula is C13H7BrCl3F. The molecule has 0 aliphatic heterocycles. The molecule has 1 atom stereocenters. The summed E-state index contributed by atoms with van der Waals surface area (Å²) in [6.07, 6.45) is 0. The Hall–Kier alpha value is -0.280. The molecule has 0 fully saturated rings. The van der Waals surface area contributed by atoms with E-state index in [-0.39, 0.29) is 5.82 Å². The predicted octanol–water partition coefficient (Wildman–Crippen LogP) is 6.22. The average molecular weight is 368 g/mol. The van der Waals surface area contributed by atoms with Gasteiger partial charge in [0.05, 0.1) is 9.85 Å². The van der Waals surface area contributed by atoms with Gasteiger partial charge in [0.2, 0.25) is 0 Å². The quantitative estimate of drug-likeness (QED) is 0.552. The van der Waals surface area contributed by atoms with Crippen LogP contribution < -0.4 is 0 Å². The first-order valence-corrected chi connectivity index (χ1v) is 7.02. The van der Waals surface area contributed by atoms with Crippen LogP contribution in [0, 0.1) is 5.82 Å². The van der Waals surface area contributed by atoms with E-state index in [2.05, 4.69) is 15.9 Å². The van der Waals surface area contributed by atoms with E-state index >= 15 is 0 Å². The summed E-state index contributed by atoms with van der Waals surface area (Å²) in [4.78, 5) is 0. The lowest BCUT2D eigenvalue weighted by Gasteiger charge is -2.14. The SMILES string of the molecule is Fc1ccc(C(Cl)c2c(Cl)cccc2Cl)cc1Br. The first-order chi connectivity index (χ1) is 8.50. The van der Waals surface area contributed by atoms with Crippen LogP contribution in [0.5, 0.6) is 0 Å². The van der Waals surface area contributed by atoms with Gasteiger partial charge in [-0.25, -0.2) is 4.39 Å². The number of halogens is 5. The molecule has 0 heterocycles. The summed E-state index contributed by atoms with van der Waals surface area (Å²) in [7, 11) is 0. The second-order valence-corrected chi connectivity index (χ2v) is 5.78. The molecule has 0 aliphatic carbocycles. The van der Waals surface area contributed by atoms with Crippen LogP contribution in [0.25, 0.3) is 0 Å². The van der Waals surface area contributed by atoms with Gasteiger partial charge in [-0.15, -0.1) is 11.6 Å². The topological polar surface area (TPSA) is 0 Å². The van der Waals surface area contributed by atoms with Crippen molar-refractivity contribution in [1.82, 2.24) is 0 Å². The Balaban J connectivity index is 2.48. The Morgan fingerprint density at radius 1 is 1.06 bits per heavy atom. The van der Waals surface area contributed by atoms with Crippen LogP contribution in [0.2, 0.25) is 10.0 Å². The largest absolute Gasteiger partial charge is 0.206 e. The molecule has 0 saturated heterocycles. The van der Waals surface area contributed by atoms with Crippen LogP contribution in [-0.4, -0.2) is 0 Å². The van der Waals surface area contributed by atoms with Gasteiger partial charge in [-0.3, -0.25) is 0 Å². The zero-order chi connectivity index (χ0) is 13.3. The summed E-state index contributed by atoms with van der Waals surface area (Å²) in [6.45, 7) is 0. The van der Waals surface area contributed by atoms with Gasteiger partial charge in [0, 0.05) is 15.6 Å². The van der Waals surface area contributed by atoms with E-state index in [1.54, 1.807) is 30.3 Å². The van der Waals surface area contributed by atoms with Gasteiger partial charge in [-0.05, 0) is 45.8 Å². The fourth-order valence-electron chi connectivity index (χ4n) is 1.59. The van der Waals surface area contributed by atoms with E-state index in [4.69, 9.17) is 34.8 Å². The molecule has 0 aliphatic rings. The molecule has 0 saturated carbocycles. The molecule has 2 rings (SSSR count). The number of hydrogen-bond donors (Lipinski definition) is 0. The summed E-state index contributed by atoms with van der Waals surface area (Å²) in [5, 5.41) is 0.453. The summed E-state index contributed by atoms with van der Waals surface area (Å²) in [6, 6.07) is 9.76. The van der Waals surface area contributed by atoms with Crippen molar-refractivity contribution in [2.24, 2.45) is 0 Å². The molecule has 18 heavy (non-hydrogen) atoms. The van der Waals surface area contributed by atoms with Gasteiger partial charge in [-0.1, -0.05) is 35.3 Å². The number of hydrogen-bond acceptors (Lipinski definition) is 0. The van der Waals surface area contributed by atoms with E-state index in [0.717, 1.165) is 5.56 Å². The molecule has 94 valence electrons. The standard InChI is InChI=1S/C13H7BrCl3F/c14-8-6-7(4-5-11(8)18)13(17)12-9(15)2-1-3-10(12)16/h1-6,13H. The molecule has 0 N–H and O–H groups in total. The zero-order valence-electron chi connectivity index (χ0n) is 8.93. The Morgan fingerprint density at radius 3 is 2.22 bits per heavy atom. The third-order valence-electron chi connectivity index (χ3n) is 2.49. The van der Waals surface area contributed by atoms with Crippen molar-refractivity contribution in [3.8, 4) is 0 Å². The highest BCUT2D eigenvalue weighted by atomic mass is 79.9. The Kier molecular flexibility index (Phi) is 4.54. The predicted molar refractivity (Wildman–Crippen MR) is 78.3 cm³/mol. The molecule has 2 aromatic carbocycles. The van der Waals surface area contributed by atoms with Crippen LogP contribution in [0.1, 0.15) is 16.5 Å². The fraction of sp³-hybridized carbons (Fsp3) is 0.0769. The molecule has 2 aromatic rings. The first kappa shape index (κ1) is 14.1. The maximum atomic E-state index is 13.2. The van der Waals surface area contributed by atoms with Crippen molar-refractivity contribution >= 4 is 50.7 Å². The Bertz CT molecular complexity index is 566. The van der Waals surface area contributed by atoms with Crippen molar-refractivity contribution in [3.63, 3.8) is 0 Å². The average Bonchev–Trinajstić information content (AvgIpc) is 2.32. The monoisotopic (exact) mass is 366 g/mol. The van der Waals surface area contributed by atoms with Crippen LogP contribution in [0.4, 0.5) is 4.39 Å². The highest BCUT2D eigenvalue weighted by Crippen LogP contribution is 2.39. The molecule has 0 spiro atoms. The highest BCUT2D eigenvalue weighted by molar-refractivity contribution is 9.10. The van der Waals surface area contributed by atoms with Gasteiger partial charge in [0.1, 0.15) is 5.82 Å². The summed E-state index contributed by atoms with van der Waals surface area (Å²) >= 11 is 21.7. The first-order valence-electron chi connectivity index (χ1n) is 5.03. The maximum Gasteiger partial charge on any atom is 0.137 e. The van der Waals surface area contributed by atoms with Crippen LogP contribution in [0.3, 0.4) is 0 Å². The lowest BCUT2D eigenvalue weighted by molar-refractivity contribution is 0.620. The summed E-state index contributed by atoms with van der Waals surface area (Å²) < 4.78 is 13.5. The zero-order valence-corrected chi connectivity index (χ0v) is 12.8. The normalized spacial score (nSPS) is 12.5. The summed E-state index contributed by atoms with van der Waals surface area (Å²) in [5.74, 6) is -0.340. The minimum Gasteiger partial charge on any atom is -0.206 e. The Morgan fingerprint density at radius 2 is 1.67 bits per heavy atom. The van der Waals surface area contributed by atoms with E-state index in [9.17, 15) is 4.39 Å². The number of alkyl halides is 1. The van der Waals surface area contributed by atoms with Crippen molar-refractivity contribution in [3.05, 3.63) is 67.9 Å². The van der Waals surface area contributed by atoms with Gasteiger partial charge >= 0.3 is 0 Å². The van der Waals surface area contributed by atoms with Crippen molar-refractivity contribution in [2.45, 2.75) is 5.38 Å².